The van der Waals surface area contributed by atoms with Gasteiger partial charge in [0.25, 0.3) is 0 Å². The van der Waals surface area contributed by atoms with Crippen molar-refractivity contribution in [3.63, 3.8) is 0 Å². The molecule has 2 amide bonds. The van der Waals surface area contributed by atoms with E-state index in [1.807, 2.05) is 31.2 Å². The summed E-state index contributed by atoms with van der Waals surface area (Å²) in [5.41, 5.74) is 2.03. The van der Waals surface area contributed by atoms with Gasteiger partial charge in [0.2, 0.25) is 11.8 Å². The minimum Gasteiger partial charge on any atom is -0.340 e. The number of aryl methyl sites for hydroxylation is 1. The third-order valence-electron chi connectivity index (χ3n) is 7.12. The van der Waals surface area contributed by atoms with E-state index in [0.29, 0.717) is 11.8 Å². The molecular formula is C24H35N3O2. The SMILES string of the molecule is Cc1cccc(NC(=O)[C@@H](C2CCCC2)N2CCN(C(=O)C3CCCC3)CC2)c1. The predicted octanol–water partition coefficient (Wildman–Crippen LogP) is 3.83. The number of amides is 2. The largest absolute Gasteiger partial charge is 0.340 e. The van der Waals surface area contributed by atoms with Crippen molar-refractivity contribution in [3.05, 3.63) is 29.8 Å². The Morgan fingerprint density at radius 1 is 0.966 bits per heavy atom. The number of anilines is 1. The summed E-state index contributed by atoms with van der Waals surface area (Å²) in [4.78, 5) is 30.5. The highest BCUT2D eigenvalue weighted by molar-refractivity contribution is 5.95. The molecular weight excluding hydrogens is 362 g/mol. The van der Waals surface area contributed by atoms with Crippen molar-refractivity contribution in [1.82, 2.24) is 9.80 Å². The lowest BCUT2D eigenvalue weighted by Crippen LogP contribution is -2.57. The minimum absolute atomic E-state index is 0.0817. The van der Waals surface area contributed by atoms with E-state index in [0.717, 1.165) is 63.1 Å². The van der Waals surface area contributed by atoms with Crippen LogP contribution in [0.25, 0.3) is 0 Å². The molecule has 1 N–H and O–H groups in total. The summed E-state index contributed by atoms with van der Waals surface area (Å²) in [6, 6.07) is 7.95. The molecule has 0 bridgehead atoms. The normalized spacial score (nSPS) is 22.7. The minimum atomic E-state index is -0.0817. The molecule has 0 radical (unpaired) electrons. The van der Waals surface area contributed by atoms with Crippen molar-refractivity contribution in [2.75, 3.05) is 31.5 Å². The Morgan fingerprint density at radius 3 is 2.28 bits per heavy atom. The number of benzene rings is 1. The van der Waals surface area contributed by atoms with Crippen molar-refractivity contribution >= 4 is 17.5 Å². The summed E-state index contributed by atoms with van der Waals surface area (Å²) in [6.45, 7) is 5.18. The third-order valence-corrected chi connectivity index (χ3v) is 7.12. The van der Waals surface area contributed by atoms with Crippen molar-refractivity contribution in [2.24, 2.45) is 11.8 Å². The summed E-state index contributed by atoms with van der Waals surface area (Å²) in [5, 5.41) is 3.17. The molecule has 1 aromatic carbocycles. The lowest BCUT2D eigenvalue weighted by Gasteiger charge is -2.41. The van der Waals surface area contributed by atoms with Crippen LogP contribution in [-0.2, 0) is 9.59 Å². The average molecular weight is 398 g/mol. The number of carbonyl (C=O) groups excluding carboxylic acids is 2. The standard InChI is InChI=1S/C24H35N3O2/c1-18-7-6-12-21(17-18)25-23(28)22(19-8-2-3-9-19)26-13-15-27(16-14-26)24(29)20-10-4-5-11-20/h6-7,12,17,19-20,22H,2-5,8-11,13-16H2,1H3,(H,25,28)/t22-/m1/s1. The highest BCUT2D eigenvalue weighted by Crippen LogP contribution is 2.32. The van der Waals surface area contributed by atoms with Gasteiger partial charge in [0.05, 0.1) is 6.04 Å². The molecule has 1 aromatic rings. The number of nitrogens with zero attached hydrogens (tertiary/aromatic N) is 2. The van der Waals surface area contributed by atoms with E-state index in [9.17, 15) is 9.59 Å². The predicted molar refractivity (Wildman–Crippen MR) is 116 cm³/mol. The number of hydrogen-bond donors (Lipinski definition) is 1. The molecule has 0 spiro atoms. The fraction of sp³-hybridized carbons (Fsp3) is 0.667. The van der Waals surface area contributed by atoms with Gasteiger partial charge in [-0.15, -0.1) is 0 Å². The highest BCUT2D eigenvalue weighted by atomic mass is 16.2. The lowest BCUT2D eigenvalue weighted by atomic mass is 9.94. The first-order valence-electron chi connectivity index (χ1n) is 11.5. The van der Waals surface area contributed by atoms with Gasteiger partial charge >= 0.3 is 0 Å². The Kier molecular flexibility index (Phi) is 6.53. The van der Waals surface area contributed by atoms with Gasteiger partial charge < -0.3 is 10.2 Å². The second-order valence-corrected chi connectivity index (χ2v) is 9.19. The van der Waals surface area contributed by atoms with Crippen LogP contribution in [0.2, 0.25) is 0 Å². The molecule has 0 unspecified atom stereocenters. The molecule has 158 valence electrons. The number of piperazine rings is 1. The summed E-state index contributed by atoms with van der Waals surface area (Å²) in [7, 11) is 0. The topological polar surface area (TPSA) is 52.7 Å². The van der Waals surface area contributed by atoms with Gasteiger partial charge in [0.1, 0.15) is 0 Å². The second kappa shape index (κ2) is 9.29. The van der Waals surface area contributed by atoms with Crippen molar-refractivity contribution in [3.8, 4) is 0 Å². The van der Waals surface area contributed by atoms with Gasteiger partial charge in [-0.2, -0.15) is 0 Å². The molecule has 1 heterocycles. The Bertz CT molecular complexity index is 715. The van der Waals surface area contributed by atoms with Crippen LogP contribution in [0.1, 0.15) is 56.9 Å². The quantitative estimate of drug-likeness (QED) is 0.822. The van der Waals surface area contributed by atoms with Crippen LogP contribution in [0.4, 0.5) is 5.69 Å². The van der Waals surface area contributed by atoms with Gasteiger partial charge in [-0.3, -0.25) is 14.5 Å². The average Bonchev–Trinajstić information content (AvgIpc) is 3.43. The zero-order valence-electron chi connectivity index (χ0n) is 17.7. The molecule has 0 aromatic heterocycles. The molecule has 5 heteroatoms. The molecule has 1 atom stereocenters. The van der Waals surface area contributed by atoms with Gasteiger partial charge in [0.15, 0.2) is 0 Å². The number of nitrogens with one attached hydrogen (secondary N) is 1. The van der Waals surface area contributed by atoms with Crippen molar-refractivity contribution < 1.29 is 9.59 Å². The first-order valence-corrected chi connectivity index (χ1v) is 11.5. The monoisotopic (exact) mass is 397 g/mol. The first-order chi connectivity index (χ1) is 14.1. The summed E-state index contributed by atoms with van der Waals surface area (Å²) in [6.07, 6.45) is 9.21. The van der Waals surface area contributed by atoms with Crippen LogP contribution >= 0.6 is 0 Å². The van der Waals surface area contributed by atoms with Crippen molar-refractivity contribution in [2.45, 2.75) is 64.3 Å². The molecule has 4 rings (SSSR count). The summed E-state index contributed by atoms with van der Waals surface area (Å²) < 4.78 is 0. The Labute approximate surface area is 174 Å². The van der Waals surface area contributed by atoms with E-state index >= 15 is 0 Å². The fourth-order valence-corrected chi connectivity index (χ4v) is 5.54. The van der Waals surface area contributed by atoms with E-state index in [1.54, 1.807) is 0 Å². The molecule has 1 saturated heterocycles. The third kappa shape index (κ3) is 4.82. The van der Waals surface area contributed by atoms with Gasteiger partial charge in [-0.25, -0.2) is 0 Å². The zero-order chi connectivity index (χ0) is 20.2. The van der Waals surface area contributed by atoms with Crippen LogP contribution in [0, 0.1) is 18.8 Å². The second-order valence-electron chi connectivity index (χ2n) is 9.19. The van der Waals surface area contributed by atoms with Gasteiger partial charge in [-0.05, 0) is 56.2 Å². The lowest BCUT2D eigenvalue weighted by molar-refractivity contribution is -0.138. The zero-order valence-corrected chi connectivity index (χ0v) is 17.7. The summed E-state index contributed by atoms with van der Waals surface area (Å²) >= 11 is 0. The van der Waals surface area contributed by atoms with Gasteiger partial charge in [0, 0.05) is 37.8 Å². The molecule has 3 fully saturated rings. The molecule has 3 aliphatic rings. The Morgan fingerprint density at radius 2 is 1.62 bits per heavy atom. The fourth-order valence-electron chi connectivity index (χ4n) is 5.54. The molecule has 2 saturated carbocycles. The van der Waals surface area contributed by atoms with E-state index in [-0.39, 0.29) is 17.9 Å². The highest BCUT2D eigenvalue weighted by Gasteiger charge is 2.38. The number of carbonyl (C=O) groups is 2. The maximum absolute atomic E-state index is 13.3. The molecule has 29 heavy (non-hydrogen) atoms. The molecule has 1 aliphatic heterocycles. The van der Waals surface area contributed by atoms with E-state index < -0.39 is 0 Å². The van der Waals surface area contributed by atoms with E-state index in [1.165, 1.54) is 25.7 Å². The van der Waals surface area contributed by atoms with Gasteiger partial charge in [-0.1, -0.05) is 37.8 Å². The van der Waals surface area contributed by atoms with Crippen molar-refractivity contribution in [1.29, 1.82) is 0 Å². The van der Waals surface area contributed by atoms with E-state index in [4.69, 9.17) is 0 Å². The van der Waals surface area contributed by atoms with E-state index in [2.05, 4.69) is 15.1 Å². The Balaban J connectivity index is 1.40. The maximum Gasteiger partial charge on any atom is 0.242 e. The Hall–Kier alpha value is -1.88. The number of hydrogen-bond acceptors (Lipinski definition) is 3. The number of rotatable bonds is 5. The molecule has 2 aliphatic carbocycles. The first kappa shape index (κ1) is 20.4. The van der Waals surface area contributed by atoms with Crippen LogP contribution in [0.5, 0.6) is 0 Å². The van der Waals surface area contributed by atoms with Crippen LogP contribution in [0.3, 0.4) is 0 Å². The maximum atomic E-state index is 13.3. The smallest absolute Gasteiger partial charge is 0.242 e. The molecule has 5 nitrogen and oxygen atoms in total. The van der Waals surface area contributed by atoms with Crippen LogP contribution < -0.4 is 5.32 Å². The van der Waals surface area contributed by atoms with Crippen LogP contribution in [-0.4, -0.2) is 53.8 Å². The summed E-state index contributed by atoms with van der Waals surface area (Å²) in [5.74, 6) is 1.15. The van der Waals surface area contributed by atoms with Crippen LogP contribution in [0.15, 0.2) is 24.3 Å².